The summed E-state index contributed by atoms with van der Waals surface area (Å²) in [5.41, 5.74) is 1.10. The maximum atomic E-state index is 13.2. The molecular weight excluding hydrogens is 391 g/mol. The normalized spacial score (nSPS) is 24.5. The zero-order chi connectivity index (χ0) is 21.6. The van der Waals surface area contributed by atoms with Gasteiger partial charge in [0.25, 0.3) is 0 Å². The van der Waals surface area contributed by atoms with Crippen LogP contribution in [-0.2, 0) is 4.79 Å². The van der Waals surface area contributed by atoms with Gasteiger partial charge in [-0.25, -0.2) is 4.39 Å². The number of hydrogen-bond acceptors (Lipinski definition) is 4. The van der Waals surface area contributed by atoms with Crippen molar-refractivity contribution >= 4 is 11.6 Å². The second-order valence-corrected chi connectivity index (χ2v) is 9.62. The van der Waals surface area contributed by atoms with Gasteiger partial charge in [-0.15, -0.1) is 0 Å². The number of amides is 1. The summed E-state index contributed by atoms with van der Waals surface area (Å²) in [4.78, 5) is 22.6. The summed E-state index contributed by atoms with van der Waals surface area (Å²) in [5.74, 6) is 0.768. The van der Waals surface area contributed by atoms with E-state index in [4.69, 9.17) is 0 Å². The number of benzene rings is 1. The third-order valence-corrected chi connectivity index (χ3v) is 7.48. The molecule has 0 radical (unpaired) electrons. The van der Waals surface area contributed by atoms with Crippen LogP contribution in [0, 0.1) is 11.7 Å². The minimum absolute atomic E-state index is 0.180. The predicted molar refractivity (Wildman–Crippen MR) is 124 cm³/mol. The number of rotatable bonds is 6. The third-order valence-electron chi connectivity index (χ3n) is 7.48. The lowest BCUT2D eigenvalue weighted by Crippen LogP contribution is -2.56. The Kier molecular flexibility index (Phi) is 7.83. The lowest BCUT2D eigenvalue weighted by atomic mass is 9.92. The van der Waals surface area contributed by atoms with E-state index in [0.717, 1.165) is 70.9 Å². The van der Waals surface area contributed by atoms with Crippen LogP contribution in [0.5, 0.6) is 0 Å². The summed E-state index contributed by atoms with van der Waals surface area (Å²) in [6, 6.07) is 7.32. The molecule has 1 aromatic carbocycles. The zero-order valence-corrected chi connectivity index (χ0v) is 19.1. The maximum absolute atomic E-state index is 13.2. The van der Waals surface area contributed by atoms with E-state index < -0.39 is 0 Å². The van der Waals surface area contributed by atoms with Crippen LogP contribution in [0.25, 0.3) is 0 Å². The molecule has 6 heteroatoms. The molecule has 31 heavy (non-hydrogen) atoms. The first-order chi connectivity index (χ1) is 15.1. The van der Waals surface area contributed by atoms with E-state index >= 15 is 0 Å². The molecule has 5 nitrogen and oxygen atoms in total. The van der Waals surface area contributed by atoms with Gasteiger partial charge in [-0.2, -0.15) is 0 Å². The Bertz CT molecular complexity index is 696. The molecule has 1 aromatic rings. The van der Waals surface area contributed by atoms with Gasteiger partial charge in [0.2, 0.25) is 5.91 Å². The van der Waals surface area contributed by atoms with Gasteiger partial charge in [-0.3, -0.25) is 9.69 Å². The van der Waals surface area contributed by atoms with Crippen molar-refractivity contribution in [1.82, 2.24) is 14.7 Å². The molecule has 3 fully saturated rings. The van der Waals surface area contributed by atoms with E-state index in [9.17, 15) is 9.18 Å². The van der Waals surface area contributed by atoms with Crippen LogP contribution < -0.4 is 4.90 Å². The molecule has 0 aromatic heterocycles. The van der Waals surface area contributed by atoms with Gasteiger partial charge in [-0.05, 0) is 81.9 Å². The highest BCUT2D eigenvalue weighted by Gasteiger charge is 2.31. The fourth-order valence-electron chi connectivity index (χ4n) is 5.58. The number of halogens is 1. The minimum atomic E-state index is -0.180. The van der Waals surface area contributed by atoms with E-state index in [-0.39, 0.29) is 5.82 Å². The molecule has 0 aliphatic carbocycles. The molecule has 0 saturated carbocycles. The molecule has 0 bridgehead atoms. The van der Waals surface area contributed by atoms with E-state index in [1.54, 1.807) is 12.1 Å². The Morgan fingerprint density at radius 3 is 2.35 bits per heavy atom. The number of carbonyl (C=O) groups is 1. The van der Waals surface area contributed by atoms with Crippen molar-refractivity contribution in [3.8, 4) is 0 Å². The first kappa shape index (κ1) is 22.5. The molecule has 172 valence electrons. The van der Waals surface area contributed by atoms with Gasteiger partial charge in [0.1, 0.15) is 5.82 Å². The Morgan fingerprint density at radius 1 is 0.968 bits per heavy atom. The standard InChI is InChI=1S/C25H39FN4O/c1-2-11-27-13-9-21(10-14-27)19-25(31)30-12-3-4-24(20-30)29-17-15-28(16-18-29)23-7-5-22(26)6-8-23/h5-8,21,24H,2-4,9-20H2,1H3/t24-/m1/s1. The van der Waals surface area contributed by atoms with Gasteiger partial charge in [0.15, 0.2) is 0 Å². The first-order valence-electron chi connectivity index (χ1n) is 12.4. The Morgan fingerprint density at radius 2 is 1.68 bits per heavy atom. The Balaban J connectivity index is 1.22. The van der Waals surface area contributed by atoms with E-state index in [1.807, 2.05) is 12.1 Å². The molecular formula is C25H39FN4O. The van der Waals surface area contributed by atoms with Gasteiger partial charge >= 0.3 is 0 Å². The van der Waals surface area contributed by atoms with Crippen molar-refractivity contribution in [2.24, 2.45) is 5.92 Å². The zero-order valence-electron chi connectivity index (χ0n) is 19.1. The SMILES string of the molecule is CCCN1CCC(CC(=O)N2CCC[C@@H](N3CCN(c4ccc(F)cc4)CC3)C2)CC1. The fraction of sp³-hybridized carbons (Fsp3) is 0.720. The molecule has 3 saturated heterocycles. The number of anilines is 1. The van der Waals surface area contributed by atoms with Gasteiger partial charge in [-0.1, -0.05) is 6.92 Å². The maximum Gasteiger partial charge on any atom is 0.222 e. The summed E-state index contributed by atoms with van der Waals surface area (Å²) in [6.07, 6.45) is 6.62. The highest BCUT2D eigenvalue weighted by molar-refractivity contribution is 5.76. The second kappa shape index (κ2) is 10.8. The van der Waals surface area contributed by atoms with Crippen molar-refractivity contribution in [3.05, 3.63) is 30.1 Å². The third kappa shape index (κ3) is 5.98. The largest absolute Gasteiger partial charge is 0.369 e. The van der Waals surface area contributed by atoms with E-state index in [1.165, 1.54) is 32.2 Å². The van der Waals surface area contributed by atoms with Crippen LogP contribution in [0.3, 0.4) is 0 Å². The molecule has 1 atom stereocenters. The first-order valence-corrected chi connectivity index (χ1v) is 12.4. The number of piperazine rings is 1. The van der Waals surface area contributed by atoms with Crippen LogP contribution in [0.1, 0.15) is 45.4 Å². The van der Waals surface area contributed by atoms with Gasteiger partial charge in [0, 0.05) is 57.4 Å². The highest BCUT2D eigenvalue weighted by Crippen LogP contribution is 2.25. The molecule has 3 heterocycles. The van der Waals surface area contributed by atoms with Crippen LogP contribution in [0.15, 0.2) is 24.3 Å². The molecule has 3 aliphatic rings. The highest BCUT2D eigenvalue weighted by atomic mass is 19.1. The van der Waals surface area contributed by atoms with Crippen molar-refractivity contribution in [2.45, 2.75) is 51.5 Å². The number of piperidine rings is 2. The Hall–Kier alpha value is -1.66. The van der Waals surface area contributed by atoms with Crippen molar-refractivity contribution < 1.29 is 9.18 Å². The predicted octanol–water partition coefficient (Wildman–Crippen LogP) is 3.45. The number of nitrogens with zero attached hydrogens (tertiary/aromatic N) is 4. The van der Waals surface area contributed by atoms with Crippen molar-refractivity contribution in [3.63, 3.8) is 0 Å². The average Bonchev–Trinajstić information content (AvgIpc) is 2.81. The smallest absolute Gasteiger partial charge is 0.222 e. The quantitative estimate of drug-likeness (QED) is 0.692. The van der Waals surface area contributed by atoms with Gasteiger partial charge in [0.05, 0.1) is 0 Å². The number of likely N-dealkylation sites (tertiary alicyclic amines) is 2. The second-order valence-electron chi connectivity index (χ2n) is 9.62. The fourth-order valence-corrected chi connectivity index (χ4v) is 5.58. The van der Waals surface area contributed by atoms with Crippen LogP contribution >= 0.6 is 0 Å². The summed E-state index contributed by atoms with van der Waals surface area (Å²) in [5, 5.41) is 0. The molecule has 0 spiro atoms. The van der Waals surface area contributed by atoms with Crippen LogP contribution in [0.2, 0.25) is 0 Å². The number of carbonyl (C=O) groups excluding carboxylic acids is 1. The molecule has 0 N–H and O–H groups in total. The minimum Gasteiger partial charge on any atom is -0.369 e. The summed E-state index contributed by atoms with van der Waals surface area (Å²) in [7, 11) is 0. The molecule has 1 amide bonds. The average molecular weight is 431 g/mol. The van der Waals surface area contributed by atoms with E-state index in [0.29, 0.717) is 17.9 Å². The molecule has 4 rings (SSSR count). The van der Waals surface area contributed by atoms with Crippen molar-refractivity contribution in [2.75, 3.05) is 63.8 Å². The van der Waals surface area contributed by atoms with Gasteiger partial charge < -0.3 is 14.7 Å². The lowest BCUT2D eigenvalue weighted by molar-refractivity contribution is -0.134. The lowest BCUT2D eigenvalue weighted by Gasteiger charge is -2.44. The number of hydrogen-bond donors (Lipinski definition) is 0. The summed E-state index contributed by atoms with van der Waals surface area (Å²) >= 11 is 0. The van der Waals surface area contributed by atoms with Crippen LogP contribution in [-0.4, -0.2) is 85.6 Å². The monoisotopic (exact) mass is 430 g/mol. The Labute approximate surface area is 187 Å². The summed E-state index contributed by atoms with van der Waals surface area (Å²) in [6.45, 7) is 11.5. The molecule has 3 aliphatic heterocycles. The topological polar surface area (TPSA) is 30.0 Å². The summed E-state index contributed by atoms with van der Waals surface area (Å²) < 4.78 is 13.2. The van der Waals surface area contributed by atoms with Crippen molar-refractivity contribution in [1.29, 1.82) is 0 Å². The van der Waals surface area contributed by atoms with Crippen LogP contribution in [0.4, 0.5) is 10.1 Å². The van der Waals surface area contributed by atoms with E-state index in [2.05, 4.69) is 26.5 Å². The molecule has 0 unspecified atom stereocenters.